The molecule has 1 aliphatic rings. The van der Waals surface area contributed by atoms with Crippen molar-refractivity contribution in [3.05, 3.63) is 120 Å². The number of aliphatic imine (C=N–C) groups is 1. The molecule has 3 atom stereocenters. The molecule has 2 amide bonds. The topological polar surface area (TPSA) is 126 Å². The van der Waals surface area contributed by atoms with Gasteiger partial charge in [-0.3, -0.25) is 14.6 Å². The molecule has 4 aromatic rings. The second-order valence-corrected chi connectivity index (χ2v) is 11.5. The molecule has 1 aliphatic heterocycles. The highest BCUT2D eigenvalue weighted by atomic mass is 16.2. The lowest BCUT2D eigenvalue weighted by Crippen LogP contribution is -2.51. The monoisotopic (exact) mass is 590 g/mol. The first-order chi connectivity index (χ1) is 21.4. The highest BCUT2D eigenvalue weighted by Gasteiger charge is 2.36. The molecule has 0 radical (unpaired) electrons. The van der Waals surface area contributed by atoms with E-state index in [9.17, 15) is 9.59 Å². The van der Waals surface area contributed by atoms with E-state index in [0.29, 0.717) is 44.5 Å². The lowest BCUT2D eigenvalue weighted by Gasteiger charge is -2.36. The van der Waals surface area contributed by atoms with Crippen LogP contribution in [0.3, 0.4) is 0 Å². The summed E-state index contributed by atoms with van der Waals surface area (Å²) >= 11 is 0. The Bertz CT molecular complexity index is 1530. The molecule has 6 N–H and O–H groups in total. The van der Waals surface area contributed by atoms with E-state index in [1.807, 2.05) is 83.8 Å². The van der Waals surface area contributed by atoms with E-state index in [0.717, 1.165) is 10.8 Å². The second kappa shape index (κ2) is 14.7. The first-order valence-corrected chi connectivity index (χ1v) is 15.4. The summed E-state index contributed by atoms with van der Waals surface area (Å²) in [4.78, 5) is 33.5. The molecule has 8 heteroatoms. The molecule has 0 bridgehead atoms. The van der Waals surface area contributed by atoms with Crippen LogP contribution in [0.4, 0.5) is 0 Å². The Labute approximate surface area is 259 Å². The van der Waals surface area contributed by atoms with Crippen molar-refractivity contribution in [2.75, 3.05) is 19.6 Å². The minimum absolute atomic E-state index is 0.00722. The molecular weight excluding hydrogens is 548 g/mol. The zero-order valence-corrected chi connectivity index (χ0v) is 25.2. The SMILES string of the molecule is C[C@H](C(c1ccccc1)c1ccccc1)N1CC[C@H](CNC(=O)c2ccc3ccccc3c2)N[C@H](CCCN=C(N)N)C1=O. The molecule has 0 aliphatic carbocycles. The molecule has 228 valence electrons. The van der Waals surface area contributed by atoms with Crippen molar-refractivity contribution < 1.29 is 9.59 Å². The van der Waals surface area contributed by atoms with Crippen molar-refractivity contribution in [1.29, 1.82) is 0 Å². The van der Waals surface area contributed by atoms with Crippen LogP contribution >= 0.6 is 0 Å². The van der Waals surface area contributed by atoms with Crippen LogP contribution in [-0.4, -0.2) is 60.4 Å². The summed E-state index contributed by atoms with van der Waals surface area (Å²) < 4.78 is 0. The zero-order chi connectivity index (χ0) is 30.9. The quantitative estimate of drug-likeness (QED) is 0.117. The molecule has 4 aromatic carbocycles. The maximum Gasteiger partial charge on any atom is 0.251 e. The number of amides is 2. The number of nitrogens with one attached hydrogen (secondary N) is 2. The van der Waals surface area contributed by atoms with E-state index in [1.54, 1.807) is 0 Å². The maximum atomic E-state index is 14.2. The summed E-state index contributed by atoms with van der Waals surface area (Å²) in [6.07, 6.45) is 1.94. The van der Waals surface area contributed by atoms with Gasteiger partial charge in [-0.2, -0.15) is 0 Å². The molecule has 0 unspecified atom stereocenters. The largest absolute Gasteiger partial charge is 0.370 e. The van der Waals surface area contributed by atoms with Crippen molar-refractivity contribution in [1.82, 2.24) is 15.5 Å². The average Bonchev–Trinajstić information content (AvgIpc) is 3.20. The van der Waals surface area contributed by atoms with E-state index in [2.05, 4.69) is 46.8 Å². The average molecular weight is 591 g/mol. The van der Waals surface area contributed by atoms with E-state index in [-0.39, 0.29) is 35.8 Å². The van der Waals surface area contributed by atoms with Gasteiger partial charge in [0.15, 0.2) is 5.96 Å². The predicted molar refractivity (Wildman–Crippen MR) is 177 cm³/mol. The van der Waals surface area contributed by atoms with Crippen molar-refractivity contribution in [2.24, 2.45) is 16.5 Å². The molecule has 0 aromatic heterocycles. The summed E-state index contributed by atoms with van der Waals surface area (Å²) in [7, 11) is 0. The normalized spacial score (nSPS) is 17.7. The van der Waals surface area contributed by atoms with Crippen molar-refractivity contribution in [3.63, 3.8) is 0 Å². The van der Waals surface area contributed by atoms with Crippen LogP contribution in [0.5, 0.6) is 0 Å². The number of guanidine groups is 1. The van der Waals surface area contributed by atoms with E-state index >= 15 is 0 Å². The van der Waals surface area contributed by atoms with Crippen LogP contribution in [0.25, 0.3) is 10.8 Å². The van der Waals surface area contributed by atoms with Gasteiger partial charge in [-0.25, -0.2) is 0 Å². The van der Waals surface area contributed by atoms with E-state index < -0.39 is 6.04 Å². The van der Waals surface area contributed by atoms with Gasteiger partial charge in [-0.05, 0) is 60.2 Å². The number of nitrogens with two attached hydrogens (primary N) is 2. The number of hydrogen-bond donors (Lipinski definition) is 4. The van der Waals surface area contributed by atoms with Crippen LogP contribution in [0.1, 0.15) is 53.6 Å². The number of nitrogens with zero attached hydrogens (tertiary/aromatic N) is 2. The molecule has 44 heavy (non-hydrogen) atoms. The Hall–Kier alpha value is -4.69. The standard InChI is InChI=1S/C36H42N6O2/c1-25(33(27-12-4-2-5-13-27)28-14-6-3-7-15-28)42-22-20-31(41-32(35(42)44)17-10-21-39-36(37)38)24-40-34(43)30-19-18-26-11-8-9-16-29(26)23-30/h2-9,11-16,18-19,23,25,31-33,41H,10,17,20-22,24H2,1H3,(H,40,43)(H4,37,38,39)/t25-,31-,32-/m1/s1. The van der Waals surface area contributed by atoms with Crippen LogP contribution < -0.4 is 22.1 Å². The summed E-state index contributed by atoms with van der Waals surface area (Å²) in [5, 5.41) is 8.80. The van der Waals surface area contributed by atoms with Crippen LogP contribution in [0, 0.1) is 0 Å². The van der Waals surface area contributed by atoms with Crippen molar-refractivity contribution in [3.8, 4) is 0 Å². The van der Waals surface area contributed by atoms with Crippen LogP contribution in [0.15, 0.2) is 108 Å². The van der Waals surface area contributed by atoms with Gasteiger partial charge >= 0.3 is 0 Å². The summed E-state index contributed by atoms with van der Waals surface area (Å²) in [6.45, 7) is 3.57. The third-order valence-corrected chi connectivity index (χ3v) is 8.49. The molecule has 0 spiro atoms. The van der Waals surface area contributed by atoms with Crippen LogP contribution in [0.2, 0.25) is 0 Å². The summed E-state index contributed by atoms with van der Waals surface area (Å²) in [5.41, 5.74) is 14.0. The molecular formula is C36H42N6O2. The molecule has 8 nitrogen and oxygen atoms in total. The Morgan fingerprint density at radius 2 is 1.57 bits per heavy atom. The number of carbonyl (C=O) groups excluding carboxylic acids is 2. The number of rotatable bonds is 11. The Morgan fingerprint density at radius 3 is 2.23 bits per heavy atom. The number of hydrogen-bond acceptors (Lipinski definition) is 4. The highest BCUT2D eigenvalue weighted by molar-refractivity contribution is 5.98. The molecule has 1 fully saturated rings. The second-order valence-electron chi connectivity index (χ2n) is 11.5. The predicted octanol–water partition coefficient (Wildman–Crippen LogP) is 4.40. The highest BCUT2D eigenvalue weighted by Crippen LogP contribution is 2.32. The lowest BCUT2D eigenvalue weighted by atomic mass is 9.84. The first kappa shape index (κ1) is 30.8. The van der Waals surface area contributed by atoms with Gasteiger partial charge in [0.05, 0.1) is 6.04 Å². The Kier molecular flexibility index (Phi) is 10.2. The van der Waals surface area contributed by atoms with Crippen LogP contribution in [-0.2, 0) is 4.79 Å². The van der Waals surface area contributed by atoms with E-state index in [4.69, 9.17) is 11.5 Å². The summed E-state index contributed by atoms with van der Waals surface area (Å²) in [5.74, 6) is -0.0191. The molecule has 0 saturated carbocycles. The van der Waals surface area contributed by atoms with Crippen molar-refractivity contribution in [2.45, 2.75) is 50.2 Å². The molecule has 1 heterocycles. The molecule has 5 rings (SSSR count). The first-order valence-electron chi connectivity index (χ1n) is 15.4. The van der Waals surface area contributed by atoms with Gasteiger partial charge in [0.1, 0.15) is 0 Å². The van der Waals surface area contributed by atoms with Gasteiger partial charge in [0, 0.05) is 43.2 Å². The zero-order valence-electron chi connectivity index (χ0n) is 25.2. The Balaban J connectivity index is 1.34. The number of carbonyl (C=O) groups is 2. The van der Waals surface area contributed by atoms with Gasteiger partial charge < -0.3 is 27.0 Å². The van der Waals surface area contributed by atoms with Gasteiger partial charge in [-0.1, -0.05) is 91.0 Å². The van der Waals surface area contributed by atoms with Gasteiger partial charge in [-0.15, -0.1) is 0 Å². The fourth-order valence-electron chi connectivity index (χ4n) is 6.22. The fraction of sp³-hybridized carbons (Fsp3) is 0.306. The third kappa shape index (κ3) is 7.63. The maximum absolute atomic E-state index is 14.2. The summed E-state index contributed by atoms with van der Waals surface area (Å²) in [6, 6.07) is 33.9. The third-order valence-electron chi connectivity index (χ3n) is 8.49. The Morgan fingerprint density at radius 1 is 0.932 bits per heavy atom. The number of fused-ring (bicyclic) bond motifs is 1. The lowest BCUT2D eigenvalue weighted by molar-refractivity contribution is -0.135. The number of benzene rings is 4. The van der Waals surface area contributed by atoms with E-state index in [1.165, 1.54) is 11.1 Å². The molecule has 1 saturated heterocycles. The van der Waals surface area contributed by atoms with Gasteiger partial charge in [0.25, 0.3) is 5.91 Å². The van der Waals surface area contributed by atoms with Gasteiger partial charge in [0.2, 0.25) is 5.91 Å². The smallest absolute Gasteiger partial charge is 0.251 e. The fourth-order valence-corrected chi connectivity index (χ4v) is 6.22. The minimum Gasteiger partial charge on any atom is -0.370 e. The minimum atomic E-state index is -0.427. The van der Waals surface area contributed by atoms with Crippen molar-refractivity contribution >= 4 is 28.5 Å².